The first-order chi connectivity index (χ1) is 11.0. The van der Waals surface area contributed by atoms with Crippen LogP contribution in [0.1, 0.15) is 17.4 Å². The zero-order chi connectivity index (χ0) is 16.8. The average Bonchev–Trinajstić information content (AvgIpc) is 2.98. The molecule has 23 heavy (non-hydrogen) atoms. The van der Waals surface area contributed by atoms with E-state index < -0.39 is 10.9 Å². The summed E-state index contributed by atoms with van der Waals surface area (Å²) in [6.07, 6.45) is 3.13. The van der Waals surface area contributed by atoms with Crippen molar-refractivity contribution in [3.63, 3.8) is 0 Å². The third kappa shape index (κ3) is 4.43. The van der Waals surface area contributed by atoms with Crippen LogP contribution in [0.25, 0.3) is 0 Å². The minimum atomic E-state index is -0.502. The van der Waals surface area contributed by atoms with Crippen molar-refractivity contribution in [1.29, 1.82) is 0 Å². The number of hydrogen-bond acceptors (Lipinski definition) is 6. The highest BCUT2D eigenvalue weighted by molar-refractivity contribution is 6.33. The van der Waals surface area contributed by atoms with Gasteiger partial charge in [0.25, 0.3) is 5.69 Å². The average molecular weight is 339 g/mol. The summed E-state index contributed by atoms with van der Waals surface area (Å²) in [5, 5.41) is 14.0. The largest absolute Gasteiger partial charge is 0.461 e. The highest BCUT2D eigenvalue weighted by atomic mass is 35.5. The number of benzene rings is 1. The summed E-state index contributed by atoms with van der Waals surface area (Å²) < 4.78 is 6.59. The van der Waals surface area contributed by atoms with Crippen LogP contribution in [0.2, 0.25) is 5.02 Å². The molecule has 122 valence electrons. The Labute approximate surface area is 137 Å². The Morgan fingerprint density at radius 1 is 1.52 bits per heavy atom. The molecule has 0 amide bonds. The Morgan fingerprint density at radius 2 is 2.30 bits per heavy atom. The van der Waals surface area contributed by atoms with Crippen LogP contribution in [0.5, 0.6) is 0 Å². The van der Waals surface area contributed by atoms with Gasteiger partial charge in [-0.25, -0.2) is 9.78 Å². The van der Waals surface area contributed by atoms with Gasteiger partial charge in [0, 0.05) is 31.4 Å². The van der Waals surface area contributed by atoms with Crippen molar-refractivity contribution in [2.24, 2.45) is 0 Å². The molecule has 0 aliphatic rings. The number of esters is 1. The van der Waals surface area contributed by atoms with Crippen molar-refractivity contribution >= 4 is 28.9 Å². The minimum Gasteiger partial charge on any atom is -0.461 e. The van der Waals surface area contributed by atoms with Gasteiger partial charge in [0.1, 0.15) is 0 Å². The number of nitrogens with one attached hydrogen (secondary N) is 1. The van der Waals surface area contributed by atoms with Crippen molar-refractivity contribution in [1.82, 2.24) is 9.55 Å². The number of imidazole rings is 1. The van der Waals surface area contributed by atoms with E-state index in [1.807, 2.05) is 0 Å². The first kappa shape index (κ1) is 16.8. The predicted molar refractivity (Wildman–Crippen MR) is 84.8 cm³/mol. The molecule has 0 spiro atoms. The van der Waals surface area contributed by atoms with Crippen LogP contribution >= 0.6 is 11.6 Å². The van der Waals surface area contributed by atoms with E-state index in [0.717, 1.165) is 0 Å². The van der Waals surface area contributed by atoms with Crippen molar-refractivity contribution in [2.45, 2.75) is 13.5 Å². The standard InChI is InChI=1S/C14H15ClN4O4/c1-2-23-14(20)13-8-18(9-17-13)6-5-16-12-4-3-10(19(21)22)7-11(12)15/h3-4,7-9,16H,2,5-6H2,1H3. The highest BCUT2D eigenvalue weighted by Crippen LogP contribution is 2.26. The predicted octanol–water partition coefficient (Wildman–Crippen LogP) is 2.73. The molecule has 0 saturated carbocycles. The lowest BCUT2D eigenvalue weighted by molar-refractivity contribution is -0.384. The normalized spacial score (nSPS) is 10.3. The smallest absolute Gasteiger partial charge is 0.358 e. The molecule has 0 saturated heterocycles. The van der Waals surface area contributed by atoms with Crippen LogP contribution in [0.4, 0.5) is 11.4 Å². The minimum absolute atomic E-state index is 0.0609. The van der Waals surface area contributed by atoms with Crippen LogP contribution in [0.15, 0.2) is 30.7 Å². The van der Waals surface area contributed by atoms with Gasteiger partial charge in [0.15, 0.2) is 5.69 Å². The van der Waals surface area contributed by atoms with Crippen LogP contribution in [0, 0.1) is 10.1 Å². The zero-order valence-electron chi connectivity index (χ0n) is 12.4. The molecule has 1 aromatic heterocycles. The second kappa shape index (κ2) is 7.59. The van der Waals surface area contributed by atoms with E-state index in [1.54, 1.807) is 23.8 Å². The molecule has 0 fully saturated rings. The SMILES string of the molecule is CCOC(=O)c1cn(CCNc2ccc([N+](=O)[O-])cc2Cl)cn1. The molecular weight excluding hydrogens is 324 g/mol. The molecule has 1 N–H and O–H groups in total. The molecule has 0 aliphatic heterocycles. The molecule has 2 aromatic rings. The van der Waals surface area contributed by atoms with E-state index in [0.29, 0.717) is 25.4 Å². The number of carbonyl (C=O) groups is 1. The summed E-state index contributed by atoms with van der Waals surface area (Å²) >= 11 is 5.99. The van der Waals surface area contributed by atoms with E-state index in [-0.39, 0.29) is 16.4 Å². The number of nitro groups is 1. The molecule has 0 bridgehead atoms. The summed E-state index contributed by atoms with van der Waals surface area (Å²) in [6.45, 7) is 3.08. The number of rotatable bonds is 7. The van der Waals surface area contributed by atoms with Crippen LogP contribution in [-0.2, 0) is 11.3 Å². The maximum Gasteiger partial charge on any atom is 0.358 e. The summed E-state index contributed by atoms with van der Waals surface area (Å²) in [5.41, 5.74) is 0.789. The summed E-state index contributed by atoms with van der Waals surface area (Å²) in [4.78, 5) is 25.6. The Hall–Kier alpha value is -2.61. The van der Waals surface area contributed by atoms with Crippen molar-refractivity contribution in [3.8, 4) is 0 Å². The number of ether oxygens (including phenoxy) is 1. The topological polar surface area (TPSA) is 99.3 Å². The third-order valence-electron chi connectivity index (χ3n) is 2.97. The fourth-order valence-electron chi connectivity index (χ4n) is 1.87. The molecule has 2 rings (SSSR count). The number of non-ortho nitro benzene ring substituents is 1. The van der Waals surface area contributed by atoms with E-state index in [4.69, 9.17) is 16.3 Å². The van der Waals surface area contributed by atoms with Gasteiger partial charge in [-0.3, -0.25) is 10.1 Å². The summed E-state index contributed by atoms with van der Waals surface area (Å²) in [5.74, 6) is -0.461. The maximum absolute atomic E-state index is 11.5. The first-order valence-corrected chi connectivity index (χ1v) is 7.25. The summed E-state index contributed by atoms with van der Waals surface area (Å²) in [7, 11) is 0. The number of carbonyl (C=O) groups excluding carboxylic acids is 1. The first-order valence-electron chi connectivity index (χ1n) is 6.88. The van der Waals surface area contributed by atoms with Gasteiger partial charge < -0.3 is 14.6 Å². The van der Waals surface area contributed by atoms with Crippen molar-refractivity contribution in [3.05, 3.63) is 51.6 Å². The molecule has 8 nitrogen and oxygen atoms in total. The molecule has 9 heteroatoms. The summed E-state index contributed by atoms with van der Waals surface area (Å²) in [6, 6.07) is 4.22. The van der Waals surface area contributed by atoms with E-state index >= 15 is 0 Å². The Balaban J connectivity index is 1.90. The molecule has 1 heterocycles. The number of aromatic nitrogens is 2. The van der Waals surface area contributed by atoms with Gasteiger partial charge >= 0.3 is 5.97 Å². The lowest BCUT2D eigenvalue weighted by Gasteiger charge is -2.08. The van der Waals surface area contributed by atoms with Gasteiger partial charge in [-0.05, 0) is 13.0 Å². The second-order valence-corrected chi connectivity index (χ2v) is 4.97. The Kier molecular flexibility index (Phi) is 5.53. The highest BCUT2D eigenvalue weighted by Gasteiger charge is 2.11. The fourth-order valence-corrected chi connectivity index (χ4v) is 2.12. The van der Waals surface area contributed by atoms with Crippen LogP contribution < -0.4 is 5.32 Å². The zero-order valence-corrected chi connectivity index (χ0v) is 13.1. The van der Waals surface area contributed by atoms with Gasteiger partial charge in [0.2, 0.25) is 0 Å². The monoisotopic (exact) mass is 338 g/mol. The molecule has 1 aromatic carbocycles. The van der Waals surface area contributed by atoms with Gasteiger partial charge in [-0.1, -0.05) is 11.6 Å². The number of nitro benzene ring substituents is 1. The van der Waals surface area contributed by atoms with Gasteiger partial charge in [-0.15, -0.1) is 0 Å². The van der Waals surface area contributed by atoms with Crippen molar-refractivity contribution < 1.29 is 14.5 Å². The van der Waals surface area contributed by atoms with Gasteiger partial charge in [-0.2, -0.15) is 0 Å². The Morgan fingerprint density at radius 3 is 2.96 bits per heavy atom. The van der Waals surface area contributed by atoms with Crippen LogP contribution in [0.3, 0.4) is 0 Å². The van der Waals surface area contributed by atoms with Gasteiger partial charge in [0.05, 0.1) is 28.6 Å². The maximum atomic E-state index is 11.5. The van der Waals surface area contributed by atoms with Crippen molar-refractivity contribution in [2.75, 3.05) is 18.5 Å². The van der Waals surface area contributed by atoms with E-state index in [1.165, 1.54) is 18.5 Å². The number of anilines is 1. The lowest BCUT2D eigenvalue weighted by atomic mass is 10.3. The van der Waals surface area contributed by atoms with Crippen LogP contribution in [-0.4, -0.2) is 33.6 Å². The molecule has 0 unspecified atom stereocenters. The van der Waals surface area contributed by atoms with E-state index in [9.17, 15) is 14.9 Å². The molecular formula is C14H15ClN4O4. The second-order valence-electron chi connectivity index (χ2n) is 4.57. The number of hydrogen-bond donors (Lipinski definition) is 1. The fraction of sp³-hybridized carbons (Fsp3) is 0.286. The molecule has 0 atom stereocenters. The Bertz CT molecular complexity index is 717. The quantitative estimate of drug-likeness (QED) is 0.473. The molecule has 0 aliphatic carbocycles. The van der Waals surface area contributed by atoms with E-state index in [2.05, 4.69) is 10.3 Å². The molecule has 0 radical (unpaired) electrons. The number of halogens is 1. The number of nitrogens with zero attached hydrogens (tertiary/aromatic N) is 3. The third-order valence-corrected chi connectivity index (χ3v) is 3.28. The lowest BCUT2D eigenvalue weighted by Crippen LogP contribution is -2.10.